The number of anilines is 1. The average molecular weight is 371 g/mol. The average Bonchev–Trinajstić information content (AvgIpc) is 2.93. The number of likely N-dealkylation sites (N-methyl/N-ethyl adjacent to an activating group) is 1. The fraction of sp³-hybridized carbons (Fsp3) is 0.429. The summed E-state index contributed by atoms with van der Waals surface area (Å²) in [5, 5.41) is 13.1. The van der Waals surface area contributed by atoms with Gasteiger partial charge in [-0.1, -0.05) is 0 Å². The molecule has 0 aromatic heterocycles. The number of sulfone groups is 1. The molecule has 1 saturated heterocycles. The highest BCUT2D eigenvalue weighted by Crippen LogP contribution is 2.29. The Morgan fingerprint density at radius 1 is 1.40 bits per heavy atom. The van der Waals surface area contributed by atoms with E-state index < -0.39 is 32.6 Å². The van der Waals surface area contributed by atoms with Crippen LogP contribution in [0.3, 0.4) is 0 Å². The zero-order chi connectivity index (χ0) is 18.8. The lowest BCUT2D eigenvalue weighted by atomic mass is 10.2. The van der Waals surface area contributed by atoms with E-state index in [2.05, 4.69) is 5.32 Å². The summed E-state index contributed by atoms with van der Waals surface area (Å²) in [6.45, 7) is 0. The van der Waals surface area contributed by atoms with Crippen molar-refractivity contribution in [2.45, 2.75) is 12.5 Å². The molecule has 1 aromatic carbocycles. The number of ether oxygens (including phenoxy) is 1. The second-order valence-corrected chi connectivity index (χ2v) is 7.80. The molecule has 1 fully saturated rings. The summed E-state index contributed by atoms with van der Waals surface area (Å²) in [6.07, 6.45) is 0.262. The van der Waals surface area contributed by atoms with E-state index in [0.29, 0.717) is 0 Å². The van der Waals surface area contributed by atoms with Gasteiger partial charge >= 0.3 is 11.8 Å². The van der Waals surface area contributed by atoms with Crippen LogP contribution in [0.15, 0.2) is 18.2 Å². The van der Waals surface area contributed by atoms with Gasteiger partial charge in [0.25, 0.3) is 5.69 Å². The number of amides is 2. The first-order valence-electron chi connectivity index (χ1n) is 7.25. The van der Waals surface area contributed by atoms with E-state index >= 15 is 0 Å². The van der Waals surface area contributed by atoms with Crippen molar-refractivity contribution in [1.29, 1.82) is 0 Å². The summed E-state index contributed by atoms with van der Waals surface area (Å²) in [6, 6.07) is 3.00. The molecule has 1 N–H and O–H groups in total. The molecule has 1 unspecified atom stereocenters. The van der Waals surface area contributed by atoms with Gasteiger partial charge in [-0.25, -0.2) is 8.42 Å². The zero-order valence-electron chi connectivity index (χ0n) is 13.6. The first-order chi connectivity index (χ1) is 11.6. The van der Waals surface area contributed by atoms with Crippen molar-refractivity contribution in [2.24, 2.45) is 0 Å². The molecule has 1 heterocycles. The summed E-state index contributed by atoms with van der Waals surface area (Å²) >= 11 is 0. The fourth-order valence-corrected chi connectivity index (χ4v) is 4.26. The van der Waals surface area contributed by atoms with Gasteiger partial charge < -0.3 is 15.0 Å². The SMILES string of the molecule is COc1ccc([N+](=O)[O-])cc1NC(=O)C(=O)N(C)C1CCS(=O)(=O)C1. The monoisotopic (exact) mass is 371 g/mol. The first-order valence-corrected chi connectivity index (χ1v) is 9.07. The third-order valence-corrected chi connectivity index (χ3v) is 5.66. The van der Waals surface area contributed by atoms with Gasteiger partial charge in [-0.15, -0.1) is 0 Å². The number of benzene rings is 1. The van der Waals surface area contributed by atoms with Crippen LogP contribution in [0.5, 0.6) is 5.75 Å². The molecule has 10 nitrogen and oxygen atoms in total. The van der Waals surface area contributed by atoms with Gasteiger partial charge in [0.1, 0.15) is 5.75 Å². The van der Waals surface area contributed by atoms with Crippen LogP contribution in [0.4, 0.5) is 11.4 Å². The highest BCUT2D eigenvalue weighted by molar-refractivity contribution is 7.91. The number of rotatable bonds is 4. The van der Waals surface area contributed by atoms with Crippen LogP contribution in [0.25, 0.3) is 0 Å². The van der Waals surface area contributed by atoms with E-state index in [1.54, 1.807) is 0 Å². The molecule has 0 radical (unpaired) electrons. The highest BCUT2D eigenvalue weighted by Gasteiger charge is 2.35. The van der Waals surface area contributed by atoms with Gasteiger partial charge in [0, 0.05) is 25.2 Å². The highest BCUT2D eigenvalue weighted by atomic mass is 32.2. The largest absolute Gasteiger partial charge is 0.495 e. The Balaban J connectivity index is 2.14. The maximum atomic E-state index is 12.2. The Morgan fingerprint density at radius 2 is 2.08 bits per heavy atom. The van der Waals surface area contributed by atoms with E-state index in [1.807, 2.05) is 0 Å². The fourth-order valence-electron chi connectivity index (χ4n) is 2.49. The number of carbonyl (C=O) groups is 2. The lowest BCUT2D eigenvalue weighted by Crippen LogP contribution is -2.43. The van der Waals surface area contributed by atoms with Crippen LogP contribution in [0.1, 0.15) is 6.42 Å². The molecule has 1 atom stereocenters. The van der Waals surface area contributed by atoms with Crippen molar-refractivity contribution in [3.63, 3.8) is 0 Å². The molecule has 0 spiro atoms. The summed E-state index contributed by atoms with van der Waals surface area (Å²) in [5.41, 5.74) is -0.304. The molecule has 2 rings (SSSR count). The quantitative estimate of drug-likeness (QED) is 0.453. The molecule has 0 aliphatic carbocycles. The molecule has 2 amide bonds. The lowest BCUT2D eigenvalue weighted by molar-refractivity contribution is -0.384. The van der Waals surface area contributed by atoms with Gasteiger partial charge in [-0.05, 0) is 12.5 Å². The molecule has 1 aliphatic heterocycles. The van der Waals surface area contributed by atoms with E-state index in [0.717, 1.165) is 11.0 Å². The molecule has 136 valence electrons. The van der Waals surface area contributed by atoms with Gasteiger partial charge in [-0.2, -0.15) is 0 Å². The maximum absolute atomic E-state index is 12.2. The molecule has 25 heavy (non-hydrogen) atoms. The molecule has 1 aromatic rings. The van der Waals surface area contributed by atoms with Crippen LogP contribution in [-0.4, -0.2) is 61.8 Å². The minimum atomic E-state index is -3.20. The molecule has 0 bridgehead atoms. The molecular formula is C14H17N3O7S. The summed E-state index contributed by atoms with van der Waals surface area (Å²) in [5.74, 6) is -2.04. The normalized spacial score (nSPS) is 18.4. The van der Waals surface area contributed by atoms with Crippen molar-refractivity contribution in [2.75, 3.05) is 31.0 Å². The molecular weight excluding hydrogens is 354 g/mol. The van der Waals surface area contributed by atoms with Crippen LogP contribution in [0, 0.1) is 10.1 Å². The van der Waals surface area contributed by atoms with Crippen LogP contribution in [0.2, 0.25) is 0 Å². The van der Waals surface area contributed by atoms with E-state index in [-0.39, 0.29) is 35.1 Å². The number of hydrogen-bond acceptors (Lipinski definition) is 7. The van der Waals surface area contributed by atoms with Crippen molar-refractivity contribution in [3.8, 4) is 5.75 Å². The minimum absolute atomic E-state index is 0.0255. The van der Waals surface area contributed by atoms with Gasteiger partial charge in [0.2, 0.25) is 0 Å². The number of carbonyl (C=O) groups excluding carboxylic acids is 2. The smallest absolute Gasteiger partial charge is 0.314 e. The second kappa shape index (κ2) is 7.05. The number of nitro groups is 1. The van der Waals surface area contributed by atoms with E-state index in [4.69, 9.17) is 4.74 Å². The third-order valence-electron chi connectivity index (χ3n) is 3.91. The summed E-state index contributed by atoms with van der Waals surface area (Å²) < 4.78 is 28.0. The minimum Gasteiger partial charge on any atom is -0.495 e. The Hall–Kier alpha value is -2.69. The Morgan fingerprint density at radius 3 is 2.60 bits per heavy atom. The predicted octanol–water partition coefficient (Wildman–Crippen LogP) is 0.187. The standard InChI is InChI=1S/C14H17N3O7S/c1-16(10-5-6-25(22,23)8-10)14(19)13(18)15-11-7-9(17(20)21)3-4-12(11)24-2/h3-4,7,10H,5-6,8H2,1-2H3,(H,15,18). The van der Waals surface area contributed by atoms with Gasteiger partial charge in [0.05, 0.1) is 29.2 Å². The van der Waals surface area contributed by atoms with Crippen molar-refractivity contribution >= 4 is 33.0 Å². The number of nitrogens with one attached hydrogen (secondary N) is 1. The predicted molar refractivity (Wildman–Crippen MR) is 88.1 cm³/mol. The van der Waals surface area contributed by atoms with Crippen molar-refractivity contribution < 1.29 is 27.7 Å². The first kappa shape index (κ1) is 18.6. The van der Waals surface area contributed by atoms with E-state index in [9.17, 15) is 28.1 Å². The third kappa shape index (κ3) is 4.24. The molecule has 11 heteroatoms. The zero-order valence-corrected chi connectivity index (χ0v) is 14.4. The number of non-ortho nitro benzene ring substituents is 1. The molecule has 1 aliphatic rings. The number of nitrogens with zero attached hydrogens (tertiary/aromatic N) is 2. The Kier molecular flexibility index (Phi) is 5.26. The topological polar surface area (TPSA) is 136 Å². The number of hydrogen-bond donors (Lipinski definition) is 1. The van der Waals surface area contributed by atoms with Crippen LogP contribution >= 0.6 is 0 Å². The van der Waals surface area contributed by atoms with Crippen molar-refractivity contribution in [1.82, 2.24) is 4.90 Å². The summed E-state index contributed by atoms with van der Waals surface area (Å²) in [7, 11) is -0.546. The van der Waals surface area contributed by atoms with E-state index in [1.165, 1.54) is 26.3 Å². The Bertz CT molecular complexity index is 822. The summed E-state index contributed by atoms with van der Waals surface area (Å²) in [4.78, 5) is 35.6. The van der Waals surface area contributed by atoms with Gasteiger partial charge in [0.15, 0.2) is 9.84 Å². The van der Waals surface area contributed by atoms with Crippen LogP contribution < -0.4 is 10.1 Å². The molecule has 0 saturated carbocycles. The second-order valence-electron chi connectivity index (χ2n) is 5.57. The van der Waals surface area contributed by atoms with Crippen molar-refractivity contribution in [3.05, 3.63) is 28.3 Å². The van der Waals surface area contributed by atoms with Gasteiger partial charge in [-0.3, -0.25) is 19.7 Å². The number of methoxy groups -OCH3 is 1. The maximum Gasteiger partial charge on any atom is 0.314 e. The van der Waals surface area contributed by atoms with Crippen LogP contribution in [-0.2, 0) is 19.4 Å². The number of nitro benzene ring substituents is 1. The lowest BCUT2D eigenvalue weighted by Gasteiger charge is -2.22. The Labute approximate surface area is 143 Å².